The molecule has 3 aromatic carbocycles. The second-order valence-corrected chi connectivity index (χ2v) is 8.01. The quantitative estimate of drug-likeness (QED) is 0.360. The van der Waals surface area contributed by atoms with E-state index in [1.807, 2.05) is 43.3 Å². The molecule has 4 aromatic rings. The van der Waals surface area contributed by atoms with Crippen LogP contribution in [0.1, 0.15) is 24.0 Å². The van der Waals surface area contributed by atoms with Crippen LogP contribution < -0.4 is 5.32 Å². The standard InChI is InChI=1S/C25H20F3NO2/c1-14-11-15-5-2-3-8-19(15)20(12-14)23-22(30)21(24(31-23)29-18-9-10-18)16-6-4-7-17(13-16)25(26,27)28/h2-8,11-13,18,29-30H,9-10H2,1H3. The molecule has 0 radical (unpaired) electrons. The van der Waals surface area contributed by atoms with Gasteiger partial charge in [0.2, 0.25) is 5.88 Å². The van der Waals surface area contributed by atoms with E-state index in [-0.39, 0.29) is 28.7 Å². The van der Waals surface area contributed by atoms with Gasteiger partial charge in [0.15, 0.2) is 11.5 Å². The number of hydrogen-bond acceptors (Lipinski definition) is 3. The Morgan fingerprint density at radius 1 is 1.00 bits per heavy atom. The van der Waals surface area contributed by atoms with Crippen molar-refractivity contribution >= 4 is 16.7 Å². The van der Waals surface area contributed by atoms with E-state index in [1.54, 1.807) is 6.07 Å². The van der Waals surface area contributed by atoms with Gasteiger partial charge in [0.25, 0.3) is 0 Å². The number of nitrogens with one attached hydrogen (secondary N) is 1. The maximum absolute atomic E-state index is 13.3. The highest BCUT2D eigenvalue weighted by atomic mass is 19.4. The first-order valence-electron chi connectivity index (χ1n) is 10.1. The van der Waals surface area contributed by atoms with Crippen molar-refractivity contribution in [1.82, 2.24) is 0 Å². The second kappa shape index (κ2) is 7.08. The van der Waals surface area contributed by atoms with E-state index in [9.17, 15) is 18.3 Å². The van der Waals surface area contributed by atoms with Crippen LogP contribution in [0.5, 0.6) is 5.75 Å². The fraction of sp³-hybridized carbons (Fsp3) is 0.200. The maximum atomic E-state index is 13.3. The van der Waals surface area contributed by atoms with Crippen LogP contribution in [0.2, 0.25) is 0 Å². The Hall–Kier alpha value is -3.41. The van der Waals surface area contributed by atoms with E-state index in [0.29, 0.717) is 11.4 Å². The van der Waals surface area contributed by atoms with Gasteiger partial charge in [-0.25, -0.2) is 0 Å². The minimum Gasteiger partial charge on any atom is -0.504 e. The predicted octanol–water partition coefficient (Wildman–Crippen LogP) is 7.37. The molecule has 1 aliphatic carbocycles. The van der Waals surface area contributed by atoms with Crippen LogP contribution in [0.25, 0.3) is 33.2 Å². The number of fused-ring (bicyclic) bond motifs is 1. The number of alkyl halides is 3. The molecule has 5 rings (SSSR count). The first-order valence-corrected chi connectivity index (χ1v) is 10.1. The summed E-state index contributed by atoms with van der Waals surface area (Å²) in [5.41, 5.74) is 1.42. The molecule has 158 valence electrons. The molecule has 6 heteroatoms. The van der Waals surface area contributed by atoms with E-state index in [4.69, 9.17) is 4.42 Å². The molecule has 0 amide bonds. The van der Waals surface area contributed by atoms with Gasteiger partial charge in [-0.2, -0.15) is 13.2 Å². The molecular weight excluding hydrogens is 403 g/mol. The summed E-state index contributed by atoms with van der Waals surface area (Å²) >= 11 is 0. The number of anilines is 1. The lowest BCUT2D eigenvalue weighted by atomic mass is 9.98. The van der Waals surface area contributed by atoms with Gasteiger partial charge in [0, 0.05) is 11.6 Å². The van der Waals surface area contributed by atoms with Crippen molar-refractivity contribution in [3.63, 3.8) is 0 Å². The number of halogens is 3. The lowest BCUT2D eigenvalue weighted by molar-refractivity contribution is -0.137. The lowest BCUT2D eigenvalue weighted by Gasteiger charge is -2.10. The number of benzene rings is 3. The molecule has 1 fully saturated rings. The average Bonchev–Trinajstić information content (AvgIpc) is 3.49. The number of rotatable bonds is 4. The third-order valence-corrected chi connectivity index (χ3v) is 5.52. The summed E-state index contributed by atoms with van der Waals surface area (Å²) < 4.78 is 46.0. The first kappa shape index (κ1) is 19.5. The number of furan rings is 1. The highest BCUT2D eigenvalue weighted by molar-refractivity contribution is 6.00. The summed E-state index contributed by atoms with van der Waals surface area (Å²) in [6, 6.07) is 16.8. The highest BCUT2D eigenvalue weighted by Crippen LogP contribution is 2.49. The molecule has 0 atom stereocenters. The van der Waals surface area contributed by atoms with Gasteiger partial charge in [0.1, 0.15) is 0 Å². The van der Waals surface area contributed by atoms with Gasteiger partial charge < -0.3 is 14.8 Å². The van der Waals surface area contributed by atoms with Crippen molar-refractivity contribution in [2.24, 2.45) is 0 Å². The SMILES string of the molecule is Cc1cc(-c2oc(NC3CC3)c(-c3cccc(C(F)(F)F)c3)c2O)c2ccccc2c1. The summed E-state index contributed by atoms with van der Waals surface area (Å²) in [4.78, 5) is 0. The summed E-state index contributed by atoms with van der Waals surface area (Å²) in [5.74, 6) is 0.369. The Kier molecular flexibility index (Phi) is 4.46. The molecule has 2 N–H and O–H groups in total. The Morgan fingerprint density at radius 3 is 2.52 bits per heavy atom. The fourth-order valence-corrected chi connectivity index (χ4v) is 3.89. The predicted molar refractivity (Wildman–Crippen MR) is 115 cm³/mol. The highest BCUT2D eigenvalue weighted by Gasteiger charge is 2.33. The van der Waals surface area contributed by atoms with Crippen molar-refractivity contribution in [2.45, 2.75) is 32.0 Å². The molecule has 0 spiro atoms. The monoisotopic (exact) mass is 423 g/mol. The van der Waals surface area contributed by atoms with E-state index in [2.05, 4.69) is 5.32 Å². The third-order valence-electron chi connectivity index (χ3n) is 5.52. The Morgan fingerprint density at radius 2 is 1.77 bits per heavy atom. The number of aryl methyl sites for hydroxylation is 1. The van der Waals surface area contributed by atoms with Gasteiger partial charge in [-0.3, -0.25) is 0 Å². The largest absolute Gasteiger partial charge is 0.504 e. The van der Waals surface area contributed by atoms with Crippen molar-refractivity contribution < 1.29 is 22.7 Å². The molecule has 0 aliphatic heterocycles. The normalized spacial score (nSPS) is 14.2. The van der Waals surface area contributed by atoms with Gasteiger partial charge in [0.05, 0.1) is 11.1 Å². The molecule has 31 heavy (non-hydrogen) atoms. The van der Waals surface area contributed by atoms with Crippen LogP contribution in [-0.4, -0.2) is 11.1 Å². The minimum atomic E-state index is -4.48. The van der Waals surface area contributed by atoms with E-state index < -0.39 is 11.7 Å². The second-order valence-electron chi connectivity index (χ2n) is 8.01. The van der Waals surface area contributed by atoms with Crippen LogP contribution in [0.4, 0.5) is 19.1 Å². The van der Waals surface area contributed by atoms with E-state index >= 15 is 0 Å². The molecule has 1 aliphatic rings. The van der Waals surface area contributed by atoms with Crippen LogP contribution in [0, 0.1) is 6.92 Å². The molecule has 0 saturated heterocycles. The smallest absolute Gasteiger partial charge is 0.416 e. The van der Waals surface area contributed by atoms with Crippen LogP contribution in [-0.2, 0) is 6.18 Å². The molecule has 0 unspecified atom stereocenters. The fourth-order valence-electron chi connectivity index (χ4n) is 3.89. The molecule has 0 bridgehead atoms. The zero-order valence-electron chi connectivity index (χ0n) is 16.8. The zero-order chi connectivity index (χ0) is 21.8. The summed E-state index contributed by atoms with van der Waals surface area (Å²) in [7, 11) is 0. The van der Waals surface area contributed by atoms with Gasteiger partial charge in [-0.1, -0.05) is 42.5 Å². The third kappa shape index (κ3) is 3.63. The van der Waals surface area contributed by atoms with Crippen LogP contribution >= 0.6 is 0 Å². The Bertz CT molecular complexity index is 1290. The van der Waals surface area contributed by atoms with Crippen molar-refractivity contribution in [3.05, 3.63) is 71.8 Å². The Balaban J connectivity index is 1.73. The van der Waals surface area contributed by atoms with Crippen LogP contribution in [0.3, 0.4) is 0 Å². The summed E-state index contributed by atoms with van der Waals surface area (Å²) in [6.07, 6.45) is -2.58. The molecular formula is C25H20F3NO2. The maximum Gasteiger partial charge on any atom is 0.416 e. The van der Waals surface area contributed by atoms with Crippen molar-refractivity contribution in [3.8, 4) is 28.2 Å². The van der Waals surface area contributed by atoms with E-state index in [1.165, 1.54) is 6.07 Å². The summed E-state index contributed by atoms with van der Waals surface area (Å²) in [5, 5.41) is 16.3. The lowest BCUT2D eigenvalue weighted by Crippen LogP contribution is -2.05. The summed E-state index contributed by atoms with van der Waals surface area (Å²) in [6.45, 7) is 1.95. The molecule has 3 nitrogen and oxygen atoms in total. The topological polar surface area (TPSA) is 45.4 Å². The first-order chi connectivity index (χ1) is 14.8. The van der Waals surface area contributed by atoms with Crippen molar-refractivity contribution in [1.29, 1.82) is 0 Å². The zero-order valence-corrected chi connectivity index (χ0v) is 16.8. The van der Waals surface area contributed by atoms with Gasteiger partial charge in [-0.15, -0.1) is 0 Å². The Labute approximate surface area is 177 Å². The molecule has 1 aromatic heterocycles. The molecule has 1 saturated carbocycles. The van der Waals surface area contributed by atoms with Gasteiger partial charge in [-0.05, 0) is 59.9 Å². The van der Waals surface area contributed by atoms with Crippen LogP contribution in [0.15, 0.2) is 65.1 Å². The van der Waals surface area contributed by atoms with E-state index in [0.717, 1.165) is 41.3 Å². The van der Waals surface area contributed by atoms with Crippen molar-refractivity contribution in [2.75, 3.05) is 5.32 Å². The number of hydrogen-bond donors (Lipinski definition) is 2. The minimum absolute atomic E-state index is 0.168. The average molecular weight is 423 g/mol. The molecule has 1 heterocycles. The van der Waals surface area contributed by atoms with Gasteiger partial charge >= 0.3 is 6.18 Å². The number of aromatic hydroxyl groups is 1.